The van der Waals surface area contributed by atoms with Crippen molar-refractivity contribution in [3.05, 3.63) is 0 Å². The summed E-state index contributed by atoms with van der Waals surface area (Å²) >= 11 is 0. The molecule has 7 heteroatoms. The smallest absolute Gasteiger partial charge is 0.321 e. The van der Waals surface area contributed by atoms with E-state index >= 15 is 0 Å². The SMILES string of the molecule is COC(=O)C1CCN([C@H](C)C(=O)NC(=O)NC2CCCCC2)CC1. The van der Waals surface area contributed by atoms with E-state index in [1.54, 1.807) is 6.92 Å². The van der Waals surface area contributed by atoms with Crippen molar-refractivity contribution in [2.75, 3.05) is 20.2 Å². The van der Waals surface area contributed by atoms with E-state index in [0.29, 0.717) is 25.9 Å². The van der Waals surface area contributed by atoms with Crippen LogP contribution in [-0.2, 0) is 14.3 Å². The van der Waals surface area contributed by atoms with E-state index in [4.69, 9.17) is 4.74 Å². The number of amides is 3. The Balaban J connectivity index is 1.73. The zero-order valence-electron chi connectivity index (χ0n) is 14.7. The van der Waals surface area contributed by atoms with Crippen LogP contribution in [0, 0.1) is 5.92 Å². The number of nitrogens with zero attached hydrogens (tertiary/aromatic N) is 1. The Hall–Kier alpha value is -1.63. The molecule has 0 aromatic rings. The van der Waals surface area contributed by atoms with Gasteiger partial charge in [0.25, 0.3) is 0 Å². The van der Waals surface area contributed by atoms with Crippen molar-refractivity contribution < 1.29 is 19.1 Å². The topological polar surface area (TPSA) is 87.7 Å². The highest BCUT2D eigenvalue weighted by Crippen LogP contribution is 2.20. The van der Waals surface area contributed by atoms with E-state index in [1.807, 2.05) is 4.90 Å². The van der Waals surface area contributed by atoms with Gasteiger partial charge in [-0.3, -0.25) is 19.8 Å². The second-order valence-corrected chi connectivity index (χ2v) is 6.81. The molecule has 2 rings (SSSR count). The Labute approximate surface area is 143 Å². The van der Waals surface area contributed by atoms with Gasteiger partial charge in [0.05, 0.1) is 19.1 Å². The van der Waals surface area contributed by atoms with Crippen LogP contribution in [0.1, 0.15) is 51.9 Å². The van der Waals surface area contributed by atoms with Crippen LogP contribution >= 0.6 is 0 Å². The summed E-state index contributed by atoms with van der Waals surface area (Å²) in [6, 6.07) is -0.610. The molecule has 0 aromatic carbocycles. The van der Waals surface area contributed by atoms with Gasteiger partial charge >= 0.3 is 12.0 Å². The monoisotopic (exact) mass is 339 g/mol. The van der Waals surface area contributed by atoms with Crippen LogP contribution in [0.5, 0.6) is 0 Å². The third-order valence-corrected chi connectivity index (χ3v) is 5.17. The summed E-state index contributed by atoms with van der Waals surface area (Å²) in [6.45, 7) is 3.10. The molecule has 1 atom stereocenters. The Kier molecular flexibility index (Phi) is 7.02. The van der Waals surface area contributed by atoms with Crippen molar-refractivity contribution in [2.24, 2.45) is 5.92 Å². The highest BCUT2D eigenvalue weighted by Gasteiger charge is 2.30. The molecule has 2 N–H and O–H groups in total. The van der Waals surface area contributed by atoms with Gasteiger partial charge in [-0.15, -0.1) is 0 Å². The minimum absolute atomic E-state index is 0.0869. The van der Waals surface area contributed by atoms with E-state index in [0.717, 1.165) is 25.7 Å². The van der Waals surface area contributed by atoms with Crippen LogP contribution in [0.25, 0.3) is 0 Å². The lowest BCUT2D eigenvalue weighted by atomic mass is 9.95. The van der Waals surface area contributed by atoms with E-state index < -0.39 is 6.03 Å². The van der Waals surface area contributed by atoms with Crippen LogP contribution in [0.4, 0.5) is 4.79 Å². The van der Waals surface area contributed by atoms with E-state index in [1.165, 1.54) is 13.5 Å². The zero-order valence-corrected chi connectivity index (χ0v) is 14.7. The number of rotatable bonds is 4. The van der Waals surface area contributed by atoms with Crippen molar-refractivity contribution in [3.63, 3.8) is 0 Å². The number of esters is 1. The van der Waals surface area contributed by atoms with E-state index in [9.17, 15) is 14.4 Å². The minimum Gasteiger partial charge on any atom is -0.469 e. The molecular formula is C17H29N3O4. The molecule has 2 fully saturated rings. The van der Waals surface area contributed by atoms with Gasteiger partial charge in [0, 0.05) is 6.04 Å². The Bertz CT molecular complexity index is 455. The van der Waals surface area contributed by atoms with Gasteiger partial charge in [-0.2, -0.15) is 0 Å². The number of hydrogen-bond donors (Lipinski definition) is 2. The maximum absolute atomic E-state index is 12.3. The zero-order chi connectivity index (χ0) is 17.5. The summed E-state index contributed by atoms with van der Waals surface area (Å²) in [5.74, 6) is -0.561. The van der Waals surface area contributed by atoms with Crippen molar-refractivity contribution >= 4 is 17.9 Å². The Morgan fingerprint density at radius 3 is 2.25 bits per heavy atom. The maximum atomic E-state index is 12.3. The summed E-state index contributed by atoms with van der Waals surface area (Å²) in [4.78, 5) is 37.8. The van der Waals surface area contributed by atoms with Crippen molar-refractivity contribution in [1.29, 1.82) is 0 Å². The first-order valence-corrected chi connectivity index (χ1v) is 8.94. The molecular weight excluding hydrogens is 310 g/mol. The number of imide groups is 1. The molecule has 7 nitrogen and oxygen atoms in total. The highest BCUT2D eigenvalue weighted by molar-refractivity contribution is 5.96. The molecule has 24 heavy (non-hydrogen) atoms. The quantitative estimate of drug-likeness (QED) is 0.756. The lowest BCUT2D eigenvalue weighted by molar-refractivity contribution is -0.147. The van der Waals surface area contributed by atoms with Gasteiger partial charge in [-0.1, -0.05) is 19.3 Å². The van der Waals surface area contributed by atoms with Gasteiger partial charge in [0.2, 0.25) is 5.91 Å². The van der Waals surface area contributed by atoms with E-state index in [-0.39, 0.29) is 29.9 Å². The fourth-order valence-corrected chi connectivity index (χ4v) is 3.54. The summed E-state index contributed by atoms with van der Waals surface area (Å²) in [7, 11) is 1.40. The van der Waals surface area contributed by atoms with Crippen LogP contribution in [-0.4, -0.2) is 55.1 Å². The van der Waals surface area contributed by atoms with Crippen LogP contribution < -0.4 is 10.6 Å². The molecule has 0 spiro atoms. The van der Waals surface area contributed by atoms with Gasteiger partial charge in [0.1, 0.15) is 0 Å². The lowest BCUT2D eigenvalue weighted by Gasteiger charge is -2.34. The first kappa shape index (κ1) is 18.7. The van der Waals surface area contributed by atoms with Crippen molar-refractivity contribution in [1.82, 2.24) is 15.5 Å². The second-order valence-electron chi connectivity index (χ2n) is 6.81. The molecule has 1 aliphatic carbocycles. The maximum Gasteiger partial charge on any atom is 0.321 e. The normalized spacial score (nSPS) is 21.8. The predicted molar refractivity (Wildman–Crippen MR) is 89.3 cm³/mol. The number of ether oxygens (including phenoxy) is 1. The molecule has 1 heterocycles. The molecule has 0 aromatic heterocycles. The lowest BCUT2D eigenvalue weighted by Crippen LogP contribution is -2.53. The second kappa shape index (κ2) is 9.01. The number of likely N-dealkylation sites (tertiary alicyclic amines) is 1. The summed E-state index contributed by atoms with van der Waals surface area (Å²) < 4.78 is 4.77. The largest absolute Gasteiger partial charge is 0.469 e. The fourth-order valence-electron chi connectivity index (χ4n) is 3.54. The molecule has 1 saturated carbocycles. The standard InChI is InChI=1S/C17H29N3O4/c1-12(20-10-8-13(9-11-20)16(22)24-2)15(21)19-17(23)18-14-6-4-3-5-7-14/h12-14H,3-11H2,1-2H3,(H2,18,19,21,23)/t12-/m1/s1. The first-order chi connectivity index (χ1) is 11.5. The average molecular weight is 339 g/mol. The predicted octanol–water partition coefficient (Wildman–Crippen LogP) is 1.42. The highest BCUT2D eigenvalue weighted by atomic mass is 16.5. The Morgan fingerprint density at radius 1 is 1.04 bits per heavy atom. The van der Waals surface area contributed by atoms with Crippen molar-refractivity contribution in [3.8, 4) is 0 Å². The van der Waals surface area contributed by atoms with Crippen LogP contribution in [0.2, 0.25) is 0 Å². The number of hydrogen-bond acceptors (Lipinski definition) is 5. The molecule has 1 aliphatic heterocycles. The third-order valence-electron chi connectivity index (χ3n) is 5.17. The molecule has 0 bridgehead atoms. The molecule has 0 radical (unpaired) electrons. The van der Waals surface area contributed by atoms with Gasteiger partial charge in [-0.25, -0.2) is 4.79 Å². The van der Waals surface area contributed by atoms with Crippen LogP contribution in [0.3, 0.4) is 0 Å². The Morgan fingerprint density at radius 2 is 1.67 bits per heavy atom. The van der Waals surface area contributed by atoms with Crippen LogP contribution in [0.15, 0.2) is 0 Å². The molecule has 1 saturated heterocycles. The van der Waals surface area contributed by atoms with Gasteiger partial charge in [0.15, 0.2) is 0 Å². The van der Waals surface area contributed by atoms with Gasteiger partial charge in [-0.05, 0) is 45.7 Å². The van der Waals surface area contributed by atoms with Gasteiger partial charge < -0.3 is 10.1 Å². The molecule has 0 unspecified atom stereocenters. The summed E-state index contributed by atoms with van der Waals surface area (Å²) in [6.07, 6.45) is 6.81. The van der Waals surface area contributed by atoms with Crippen molar-refractivity contribution in [2.45, 2.75) is 64.0 Å². The third kappa shape index (κ3) is 5.19. The molecule has 3 amide bonds. The number of nitrogens with one attached hydrogen (secondary N) is 2. The summed E-state index contributed by atoms with van der Waals surface area (Å²) in [5, 5.41) is 5.33. The number of urea groups is 1. The number of carbonyl (C=O) groups excluding carboxylic acids is 3. The molecule has 136 valence electrons. The minimum atomic E-state index is -0.400. The molecule has 2 aliphatic rings. The number of piperidine rings is 1. The fraction of sp³-hybridized carbons (Fsp3) is 0.824. The first-order valence-electron chi connectivity index (χ1n) is 8.94. The average Bonchev–Trinajstić information content (AvgIpc) is 2.61. The van der Waals surface area contributed by atoms with E-state index in [2.05, 4.69) is 10.6 Å². The number of methoxy groups -OCH3 is 1. The summed E-state index contributed by atoms with van der Waals surface area (Å²) in [5.41, 5.74) is 0. The number of carbonyl (C=O) groups is 3.